The van der Waals surface area contributed by atoms with Gasteiger partial charge in [-0.05, 0) is 69.8 Å². The molecule has 0 radical (unpaired) electrons. The van der Waals surface area contributed by atoms with Gasteiger partial charge in [0.05, 0.1) is 34.2 Å². The minimum atomic E-state index is -0.211. The van der Waals surface area contributed by atoms with Crippen molar-refractivity contribution >= 4 is 17.1 Å². The Morgan fingerprint density at radius 3 is 0.644 bits per heavy atom. The van der Waals surface area contributed by atoms with E-state index in [4.69, 9.17) is 0 Å². The molecule has 6 heterocycles. The predicted molar refractivity (Wildman–Crippen MR) is 295 cm³/mol. The van der Waals surface area contributed by atoms with Crippen LogP contribution in [0.25, 0.3) is 0 Å². The molecule has 0 N–H and O–H groups in total. The van der Waals surface area contributed by atoms with E-state index < -0.39 is 0 Å². The van der Waals surface area contributed by atoms with Gasteiger partial charge in [0.1, 0.15) is 0 Å². The van der Waals surface area contributed by atoms with Gasteiger partial charge in [-0.2, -0.15) is 0 Å². The molecule has 7 heteroatoms. The first-order chi connectivity index (χ1) is 35.7. The third-order valence-corrected chi connectivity index (χ3v) is 13.7. The zero-order valence-corrected chi connectivity index (χ0v) is 42.1. The van der Waals surface area contributed by atoms with Crippen LogP contribution in [0.4, 0.5) is 0 Å². The second-order valence-corrected chi connectivity index (χ2v) is 18.0. The fraction of sp³-hybridized carbons (Fsp3) is 0.0909. The molecule has 0 fully saturated rings. The van der Waals surface area contributed by atoms with E-state index in [0.29, 0.717) is 0 Å². The van der Waals surface area contributed by atoms with Crippen LogP contribution in [0.2, 0.25) is 0 Å². The Labute approximate surface area is 442 Å². The molecular weight excluding hydrogens is 978 g/mol. The van der Waals surface area contributed by atoms with Crippen molar-refractivity contribution in [1.82, 2.24) is 15.0 Å². The maximum Gasteiger partial charge on any atom is 0.0844 e. The fourth-order valence-corrected chi connectivity index (χ4v) is 10.0. The molecule has 3 aromatic heterocycles. The number of aromatic nitrogens is 3. The first-order valence-corrected chi connectivity index (χ1v) is 24.5. The minimum absolute atomic E-state index is 0. The number of aliphatic imine (C=N–C) groups is 3. The third kappa shape index (κ3) is 11.1. The van der Waals surface area contributed by atoms with Gasteiger partial charge in [0.25, 0.3) is 0 Å². The normalized spacial score (nSPS) is 15.5. The average molecular weight is 1030 g/mol. The van der Waals surface area contributed by atoms with Crippen molar-refractivity contribution < 1.29 is 19.5 Å². The van der Waals surface area contributed by atoms with E-state index in [0.717, 1.165) is 53.5 Å². The summed E-state index contributed by atoms with van der Waals surface area (Å²) in [6, 6.07) is 81.7. The fourth-order valence-electron chi connectivity index (χ4n) is 10.0. The maximum atomic E-state index is 4.62. The maximum absolute atomic E-state index is 4.62. The van der Waals surface area contributed by atoms with Crippen LogP contribution >= 0.6 is 0 Å². The molecule has 0 saturated carbocycles. The molecule has 9 aromatic rings. The molecule has 356 valence electrons. The first-order valence-electron chi connectivity index (χ1n) is 24.5. The summed E-state index contributed by atoms with van der Waals surface area (Å²) in [7, 11) is 0. The van der Waals surface area contributed by atoms with E-state index in [1.165, 1.54) is 33.4 Å². The second kappa shape index (κ2) is 23.7. The van der Waals surface area contributed by atoms with Crippen LogP contribution < -0.4 is 0 Å². The van der Waals surface area contributed by atoms with Crippen molar-refractivity contribution in [2.45, 2.75) is 35.5 Å². The van der Waals surface area contributed by atoms with Crippen LogP contribution in [0.15, 0.2) is 307 Å². The Kier molecular flexibility index (Phi) is 16.1. The van der Waals surface area contributed by atoms with Gasteiger partial charge in [-0.15, -0.1) is 0 Å². The minimum Gasteiger partial charge on any atom is -0.259 e. The summed E-state index contributed by atoms with van der Waals surface area (Å²) in [5.74, 6) is 0. The van der Waals surface area contributed by atoms with Gasteiger partial charge in [-0.25, -0.2) is 0 Å². The molecule has 0 amide bonds. The molecule has 0 atom stereocenters. The summed E-state index contributed by atoms with van der Waals surface area (Å²) in [6.07, 6.45) is 20.3. The Balaban J connectivity index is 0.000000134. The monoisotopic (exact) mass is 1030 g/mol. The van der Waals surface area contributed by atoms with E-state index in [2.05, 4.69) is 230 Å². The van der Waals surface area contributed by atoms with Gasteiger partial charge in [0, 0.05) is 92.2 Å². The predicted octanol–water partition coefficient (Wildman–Crippen LogP) is 14.3. The van der Waals surface area contributed by atoms with Crippen LogP contribution in [0.5, 0.6) is 0 Å². The quantitative estimate of drug-likeness (QED) is 0.135. The summed E-state index contributed by atoms with van der Waals surface area (Å²) in [4.78, 5) is 27.3. The molecule has 0 saturated heterocycles. The third-order valence-electron chi connectivity index (χ3n) is 13.7. The van der Waals surface area contributed by atoms with Crippen molar-refractivity contribution in [3.63, 3.8) is 0 Å². The van der Waals surface area contributed by atoms with Gasteiger partial charge in [-0.1, -0.05) is 218 Å². The Morgan fingerprint density at radius 1 is 0.247 bits per heavy atom. The largest absolute Gasteiger partial charge is 0.259 e. The van der Waals surface area contributed by atoms with Crippen LogP contribution in [0, 0.1) is 0 Å². The molecule has 6 aromatic carbocycles. The molecule has 0 unspecified atom stereocenters. The van der Waals surface area contributed by atoms with E-state index in [9.17, 15) is 0 Å². The van der Waals surface area contributed by atoms with Gasteiger partial charge < -0.3 is 0 Å². The number of hydrogen-bond acceptors (Lipinski definition) is 6. The number of hydrogen-bond donors (Lipinski definition) is 0. The first kappa shape index (κ1) is 49.6. The zero-order valence-electron chi connectivity index (χ0n) is 40.4. The van der Waals surface area contributed by atoms with Crippen molar-refractivity contribution in [3.05, 3.63) is 342 Å². The average Bonchev–Trinajstić information content (AvgIpc) is 3.49. The van der Waals surface area contributed by atoms with Crippen molar-refractivity contribution in [2.24, 2.45) is 15.0 Å². The molecule has 12 rings (SSSR count). The summed E-state index contributed by atoms with van der Waals surface area (Å²) < 4.78 is 0. The summed E-state index contributed by atoms with van der Waals surface area (Å²) >= 11 is 0. The molecule has 3 aliphatic rings. The molecule has 3 aliphatic heterocycles. The molecule has 0 bridgehead atoms. The van der Waals surface area contributed by atoms with Crippen molar-refractivity contribution in [1.29, 1.82) is 0 Å². The standard InChI is InChI=1S/3C22H18N2.Ru/c3*1-3-9-18(10-4-1)22(19-11-5-2-6-12-19)14-16-24-21(17-22)20-13-7-8-15-23-20;/h3*1-16H,17H2;. The van der Waals surface area contributed by atoms with Crippen molar-refractivity contribution in [3.8, 4) is 0 Å². The number of nitrogens with zero attached hydrogens (tertiary/aromatic N) is 6. The van der Waals surface area contributed by atoms with Crippen LogP contribution in [0.3, 0.4) is 0 Å². The Morgan fingerprint density at radius 2 is 0.452 bits per heavy atom. The number of allylic oxidation sites excluding steroid dienone is 3. The van der Waals surface area contributed by atoms with Gasteiger partial charge in [0.2, 0.25) is 0 Å². The molecular formula is C66H54N6Ru. The van der Waals surface area contributed by atoms with E-state index in [1.807, 2.05) is 91.8 Å². The number of rotatable bonds is 9. The van der Waals surface area contributed by atoms with Gasteiger partial charge in [-0.3, -0.25) is 29.9 Å². The summed E-state index contributed by atoms with van der Waals surface area (Å²) in [5.41, 5.74) is 12.9. The van der Waals surface area contributed by atoms with Gasteiger partial charge >= 0.3 is 0 Å². The number of pyridine rings is 3. The molecule has 6 nitrogen and oxygen atoms in total. The zero-order chi connectivity index (χ0) is 48.7. The Hall–Kier alpha value is -8.38. The molecule has 73 heavy (non-hydrogen) atoms. The van der Waals surface area contributed by atoms with Gasteiger partial charge in [0.15, 0.2) is 0 Å². The van der Waals surface area contributed by atoms with Crippen LogP contribution in [-0.2, 0) is 35.7 Å². The van der Waals surface area contributed by atoms with Crippen molar-refractivity contribution in [2.75, 3.05) is 0 Å². The summed E-state index contributed by atoms with van der Waals surface area (Å²) in [5, 5.41) is 0. The molecule has 0 spiro atoms. The topological polar surface area (TPSA) is 75.8 Å². The van der Waals surface area contributed by atoms with E-state index in [-0.39, 0.29) is 35.7 Å². The Bertz CT molecular complexity index is 2850. The molecule has 0 aliphatic carbocycles. The van der Waals surface area contributed by atoms with Crippen LogP contribution in [-0.4, -0.2) is 32.1 Å². The van der Waals surface area contributed by atoms with E-state index >= 15 is 0 Å². The summed E-state index contributed by atoms with van der Waals surface area (Å²) in [6.45, 7) is 0. The number of benzene rings is 6. The van der Waals surface area contributed by atoms with E-state index in [1.54, 1.807) is 0 Å². The smallest absolute Gasteiger partial charge is 0.0844 e. The van der Waals surface area contributed by atoms with Crippen LogP contribution in [0.1, 0.15) is 69.7 Å². The second-order valence-electron chi connectivity index (χ2n) is 18.0. The SMILES string of the molecule is C1=CC(c2ccccc2)(c2ccccc2)CC(c2ccccn2)=N1.C1=CC(c2ccccc2)(c2ccccc2)CC(c2ccccn2)=N1.C1=CC(c2ccccc2)(c2ccccc2)CC(c2ccccn2)=N1.[Ru].